The van der Waals surface area contributed by atoms with Gasteiger partial charge >= 0.3 is 0 Å². The maximum absolute atomic E-state index is 11.3. The first-order valence-corrected chi connectivity index (χ1v) is 6.48. The molecule has 0 bridgehead atoms. The zero-order valence-electron chi connectivity index (χ0n) is 10.3. The predicted octanol–water partition coefficient (Wildman–Crippen LogP) is -0.237. The Kier molecular flexibility index (Phi) is 4.41. The highest BCUT2D eigenvalue weighted by molar-refractivity contribution is 5.92. The minimum atomic E-state index is -0.148. The van der Waals surface area contributed by atoms with Crippen molar-refractivity contribution in [1.82, 2.24) is 15.1 Å². The highest BCUT2D eigenvalue weighted by Gasteiger charge is 2.23. The number of amides is 1. The maximum atomic E-state index is 11.3. The smallest absolute Gasteiger partial charge is 0.298 e. The van der Waals surface area contributed by atoms with Gasteiger partial charge in [0.05, 0.1) is 0 Å². The number of rotatable bonds is 2. The van der Waals surface area contributed by atoms with Crippen LogP contribution in [0.3, 0.4) is 0 Å². The summed E-state index contributed by atoms with van der Waals surface area (Å²) in [6.45, 7) is 7.37. The van der Waals surface area contributed by atoms with E-state index in [4.69, 9.17) is 6.42 Å². The molecule has 2 fully saturated rings. The fourth-order valence-electron chi connectivity index (χ4n) is 2.67. The Bertz CT molecular complexity index is 296. The molecule has 4 heteroatoms. The molecule has 1 N–H and O–H groups in total. The van der Waals surface area contributed by atoms with Crippen LogP contribution in [0.15, 0.2) is 0 Å². The molecular formula is C13H21N3O. The molecule has 2 rings (SSSR count). The normalized spacial score (nSPS) is 23.4. The van der Waals surface area contributed by atoms with Crippen LogP contribution in [-0.4, -0.2) is 61.5 Å². The van der Waals surface area contributed by atoms with Gasteiger partial charge in [-0.1, -0.05) is 0 Å². The second-order valence-corrected chi connectivity index (χ2v) is 4.93. The van der Waals surface area contributed by atoms with Crippen LogP contribution >= 0.6 is 0 Å². The second-order valence-electron chi connectivity index (χ2n) is 4.93. The molecule has 0 aliphatic carbocycles. The first-order chi connectivity index (χ1) is 8.29. The number of nitrogens with one attached hydrogen (secondary N) is 1. The average molecular weight is 235 g/mol. The van der Waals surface area contributed by atoms with Crippen LogP contribution in [0, 0.1) is 18.3 Å². The van der Waals surface area contributed by atoms with E-state index in [0.29, 0.717) is 0 Å². The molecule has 2 aliphatic rings. The third kappa shape index (κ3) is 3.45. The van der Waals surface area contributed by atoms with Gasteiger partial charge in [-0.25, -0.2) is 0 Å². The lowest BCUT2D eigenvalue weighted by molar-refractivity contribution is -0.126. The van der Waals surface area contributed by atoms with Crippen molar-refractivity contribution in [3.63, 3.8) is 0 Å². The second kappa shape index (κ2) is 6.04. The van der Waals surface area contributed by atoms with Crippen molar-refractivity contribution < 1.29 is 4.79 Å². The zero-order chi connectivity index (χ0) is 12.1. The number of hydrogen-bond donors (Lipinski definition) is 1. The number of carbonyl (C=O) groups excluding carboxylic acids is 1. The van der Waals surface area contributed by atoms with Crippen molar-refractivity contribution in [2.75, 3.05) is 45.8 Å². The van der Waals surface area contributed by atoms with E-state index in [1.165, 1.54) is 6.54 Å². The molecule has 17 heavy (non-hydrogen) atoms. The van der Waals surface area contributed by atoms with E-state index in [1.807, 2.05) is 0 Å². The Labute approximate surface area is 103 Å². The van der Waals surface area contributed by atoms with Crippen LogP contribution in [-0.2, 0) is 4.79 Å². The molecule has 0 aromatic carbocycles. The van der Waals surface area contributed by atoms with Crippen LogP contribution in [0.25, 0.3) is 0 Å². The standard InChI is InChI=1S/C13H21N3O/c1-2-13(17)16-7-3-12(4-8-16)11-15-9-5-14-6-10-15/h1,12,14H,3-11H2. The van der Waals surface area contributed by atoms with Crippen LogP contribution in [0.5, 0.6) is 0 Å². The molecule has 2 saturated heterocycles. The maximum Gasteiger partial charge on any atom is 0.298 e. The van der Waals surface area contributed by atoms with Crippen LogP contribution in [0.2, 0.25) is 0 Å². The van der Waals surface area contributed by atoms with Crippen molar-refractivity contribution in [2.24, 2.45) is 5.92 Å². The number of nitrogens with zero attached hydrogens (tertiary/aromatic N) is 2. The molecule has 1 amide bonds. The minimum Gasteiger partial charge on any atom is -0.332 e. The summed E-state index contributed by atoms with van der Waals surface area (Å²) in [6.07, 6.45) is 7.32. The molecule has 0 aromatic rings. The Morgan fingerprint density at radius 2 is 1.88 bits per heavy atom. The largest absolute Gasteiger partial charge is 0.332 e. The molecule has 0 spiro atoms. The Morgan fingerprint density at radius 1 is 1.24 bits per heavy atom. The van der Waals surface area contributed by atoms with Gasteiger partial charge in [-0.05, 0) is 24.7 Å². The van der Waals surface area contributed by atoms with E-state index in [-0.39, 0.29) is 5.91 Å². The van der Waals surface area contributed by atoms with E-state index in [9.17, 15) is 4.79 Å². The summed E-state index contributed by atoms with van der Waals surface area (Å²) in [6, 6.07) is 0. The lowest BCUT2D eigenvalue weighted by atomic mass is 9.96. The van der Waals surface area contributed by atoms with Gasteiger partial charge < -0.3 is 15.1 Å². The van der Waals surface area contributed by atoms with Gasteiger partial charge in [0, 0.05) is 45.8 Å². The van der Waals surface area contributed by atoms with E-state index in [2.05, 4.69) is 16.1 Å². The van der Waals surface area contributed by atoms with Crippen LogP contribution < -0.4 is 5.32 Å². The average Bonchev–Trinajstić information content (AvgIpc) is 2.40. The molecule has 0 radical (unpaired) electrons. The Balaban J connectivity index is 1.71. The molecular weight excluding hydrogens is 214 g/mol. The topological polar surface area (TPSA) is 35.6 Å². The number of terminal acetylenes is 1. The lowest BCUT2D eigenvalue weighted by Crippen LogP contribution is -2.47. The van der Waals surface area contributed by atoms with Crippen molar-refractivity contribution in [3.05, 3.63) is 0 Å². The number of piperidine rings is 1. The number of carbonyl (C=O) groups is 1. The molecule has 4 nitrogen and oxygen atoms in total. The Morgan fingerprint density at radius 3 is 2.47 bits per heavy atom. The van der Waals surface area contributed by atoms with Gasteiger partial charge in [-0.2, -0.15) is 0 Å². The van der Waals surface area contributed by atoms with E-state index in [0.717, 1.165) is 58.0 Å². The van der Waals surface area contributed by atoms with Gasteiger partial charge in [0.25, 0.3) is 5.91 Å². The molecule has 0 unspecified atom stereocenters. The van der Waals surface area contributed by atoms with E-state index < -0.39 is 0 Å². The third-order valence-electron chi connectivity index (χ3n) is 3.75. The predicted molar refractivity (Wildman–Crippen MR) is 67.4 cm³/mol. The van der Waals surface area contributed by atoms with Crippen molar-refractivity contribution in [1.29, 1.82) is 0 Å². The fraction of sp³-hybridized carbons (Fsp3) is 0.769. The van der Waals surface area contributed by atoms with Gasteiger partial charge in [-0.3, -0.25) is 4.79 Å². The van der Waals surface area contributed by atoms with Crippen molar-refractivity contribution >= 4 is 5.91 Å². The van der Waals surface area contributed by atoms with Gasteiger partial charge in [0.1, 0.15) is 0 Å². The van der Waals surface area contributed by atoms with Crippen LogP contribution in [0.4, 0.5) is 0 Å². The molecule has 94 valence electrons. The molecule has 0 saturated carbocycles. The van der Waals surface area contributed by atoms with E-state index >= 15 is 0 Å². The highest BCUT2D eigenvalue weighted by atomic mass is 16.2. The monoisotopic (exact) mass is 235 g/mol. The summed E-state index contributed by atoms with van der Waals surface area (Å²) in [5.41, 5.74) is 0. The number of hydrogen-bond acceptors (Lipinski definition) is 3. The fourth-order valence-corrected chi connectivity index (χ4v) is 2.67. The summed E-state index contributed by atoms with van der Waals surface area (Å²) < 4.78 is 0. The highest BCUT2D eigenvalue weighted by Crippen LogP contribution is 2.18. The van der Waals surface area contributed by atoms with Crippen molar-refractivity contribution in [2.45, 2.75) is 12.8 Å². The first-order valence-electron chi connectivity index (χ1n) is 6.48. The van der Waals surface area contributed by atoms with Crippen molar-refractivity contribution in [3.8, 4) is 12.3 Å². The summed E-state index contributed by atoms with van der Waals surface area (Å²) in [7, 11) is 0. The zero-order valence-corrected chi connectivity index (χ0v) is 10.3. The summed E-state index contributed by atoms with van der Waals surface area (Å²) >= 11 is 0. The van der Waals surface area contributed by atoms with E-state index in [1.54, 1.807) is 4.90 Å². The molecule has 2 heterocycles. The summed E-state index contributed by atoms with van der Waals surface area (Å²) in [5.74, 6) is 2.78. The van der Waals surface area contributed by atoms with Gasteiger partial charge in [-0.15, -0.1) is 6.42 Å². The number of likely N-dealkylation sites (tertiary alicyclic amines) is 1. The molecule has 2 aliphatic heterocycles. The first kappa shape index (κ1) is 12.4. The lowest BCUT2D eigenvalue weighted by Gasteiger charge is -2.35. The van der Waals surface area contributed by atoms with Gasteiger partial charge in [0.2, 0.25) is 0 Å². The third-order valence-corrected chi connectivity index (χ3v) is 3.75. The molecule has 0 aromatic heterocycles. The summed E-state index contributed by atoms with van der Waals surface area (Å²) in [5, 5.41) is 3.36. The van der Waals surface area contributed by atoms with Crippen LogP contribution in [0.1, 0.15) is 12.8 Å². The molecule has 0 atom stereocenters. The minimum absolute atomic E-state index is 0.148. The number of piperazine rings is 1. The Hall–Kier alpha value is -1.05. The quantitative estimate of drug-likeness (QED) is 0.671. The van der Waals surface area contributed by atoms with Gasteiger partial charge in [0.15, 0.2) is 0 Å². The summed E-state index contributed by atoms with van der Waals surface area (Å²) in [4.78, 5) is 15.7. The SMILES string of the molecule is C#CC(=O)N1CCC(CN2CCNCC2)CC1.